The minimum absolute atomic E-state index is 0.0876. The fourth-order valence-electron chi connectivity index (χ4n) is 2.04. The zero-order valence-electron chi connectivity index (χ0n) is 12.8. The molecule has 0 radical (unpaired) electrons. The van der Waals surface area contributed by atoms with Gasteiger partial charge in [0.1, 0.15) is 11.5 Å². The van der Waals surface area contributed by atoms with Crippen molar-refractivity contribution in [1.82, 2.24) is 19.6 Å². The number of aromatic nitrogens is 4. The fourth-order valence-corrected chi connectivity index (χ4v) is 2.04. The van der Waals surface area contributed by atoms with E-state index in [4.69, 9.17) is 9.47 Å². The maximum atomic E-state index is 12.8. The second kappa shape index (κ2) is 5.99. The number of ether oxygens (including phenoxy) is 2. The number of benzene rings is 1. The zero-order chi connectivity index (χ0) is 17.3. The molecule has 2 heterocycles. The first-order valence-electron chi connectivity index (χ1n) is 7.09. The van der Waals surface area contributed by atoms with Gasteiger partial charge < -0.3 is 9.47 Å². The van der Waals surface area contributed by atoms with Gasteiger partial charge in [-0.25, -0.2) is 4.98 Å². The number of hydrogen-bond acceptors (Lipinski definition) is 5. The zero-order valence-corrected chi connectivity index (χ0v) is 12.8. The lowest BCUT2D eigenvalue weighted by atomic mass is 10.3. The molecule has 0 fully saturated rings. The summed E-state index contributed by atoms with van der Waals surface area (Å²) in [6.07, 6.45) is -4.65. The predicted molar refractivity (Wildman–Crippen MR) is 78.2 cm³/mol. The van der Waals surface area contributed by atoms with Crippen molar-refractivity contribution in [2.24, 2.45) is 0 Å². The van der Waals surface area contributed by atoms with Gasteiger partial charge in [0.15, 0.2) is 0 Å². The van der Waals surface area contributed by atoms with Crippen molar-refractivity contribution in [3.8, 4) is 17.4 Å². The topological polar surface area (TPSA) is 61.5 Å². The second-order valence-corrected chi connectivity index (χ2v) is 4.89. The molecular weight excluding hydrogens is 325 g/mol. The Hall–Kier alpha value is -2.84. The molecule has 0 aliphatic heterocycles. The molecule has 1 aromatic carbocycles. The average Bonchev–Trinajstić information content (AvgIpc) is 2.94. The molecule has 0 aliphatic carbocycles. The van der Waals surface area contributed by atoms with Gasteiger partial charge in [-0.15, -0.1) is 5.10 Å². The summed E-state index contributed by atoms with van der Waals surface area (Å²) in [6.45, 7) is 4.03. The van der Waals surface area contributed by atoms with E-state index in [0.29, 0.717) is 23.8 Å². The minimum Gasteiger partial charge on any atom is -0.494 e. The van der Waals surface area contributed by atoms with Gasteiger partial charge in [-0.2, -0.15) is 22.7 Å². The smallest absolute Gasteiger partial charge is 0.453 e. The summed E-state index contributed by atoms with van der Waals surface area (Å²) in [5.41, 5.74) is 0.463. The first-order valence-corrected chi connectivity index (χ1v) is 7.09. The number of fused-ring (bicyclic) bond motifs is 1. The number of alkyl halides is 3. The van der Waals surface area contributed by atoms with Crippen LogP contribution in [-0.4, -0.2) is 26.2 Å². The van der Waals surface area contributed by atoms with Gasteiger partial charge in [0, 0.05) is 11.8 Å². The lowest BCUT2D eigenvalue weighted by Crippen LogP contribution is -2.07. The van der Waals surface area contributed by atoms with E-state index in [1.165, 1.54) is 6.07 Å². The van der Waals surface area contributed by atoms with E-state index in [1.807, 2.05) is 6.92 Å². The SMILES string of the molecule is CCOc1ccc(Oc2cc(C)nc3nc(C(F)(F)F)nn23)cc1. The summed E-state index contributed by atoms with van der Waals surface area (Å²) >= 11 is 0. The minimum atomic E-state index is -4.65. The molecule has 0 saturated heterocycles. The van der Waals surface area contributed by atoms with E-state index in [-0.39, 0.29) is 11.7 Å². The quantitative estimate of drug-likeness (QED) is 0.727. The van der Waals surface area contributed by atoms with E-state index in [9.17, 15) is 13.2 Å². The van der Waals surface area contributed by atoms with Crippen LogP contribution in [0.25, 0.3) is 5.78 Å². The van der Waals surface area contributed by atoms with Crippen molar-refractivity contribution in [2.75, 3.05) is 6.61 Å². The number of halogens is 3. The number of aryl methyl sites for hydroxylation is 1. The van der Waals surface area contributed by atoms with Gasteiger partial charge in [0.2, 0.25) is 5.88 Å². The van der Waals surface area contributed by atoms with E-state index in [0.717, 1.165) is 4.52 Å². The van der Waals surface area contributed by atoms with E-state index in [2.05, 4.69) is 15.1 Å². The second-order valence-electron chi connectivity index (χ2n) is 4.89. The lowest BCUT2D eigenvalue weighted by Gasteiger charge is -2.08. The van der Waals surface area contributed by atoms with Crippen LogP contribution in [0.5, 0.6) is 17.4 Å². The van der Waals surface area contributed by atoms with Crippen molar-refractivity contribution in [3.63, 3.8) is 0 Å². The molecule has 0 unspecified atom stereocenters. The van der Waals surface area contributed by atoms with Gasteiger partial charge >= 0.3 is 6.18 Å². The Kier molecular flexibility index (Phi) is 4.00. The molecule has 3 aromatic rings. The third-order valence-electron chi connectivity index (χ3n) is 3.02. The molecule has 0 N–H and O–H groups in total. The Morgan fingerprint density at radius 2 is 1.75 bits per heavy atom. The Morgan fingerprint density at radius 1 is 1.08 bits per heavy atom. The highest BCUT2D eigenvalue weighted by Gasteiger charge is 2.37. The number of hydrogen-bond donors (Lipinski definition) is 0. The lowest BCUT2D eigenvalue weighted by molar-refractivity contribution is -0.144. The fraction of sp³-hybridized carbons (Fsp3) is 0.267. The van der Waals surface area contributed by atoms with Gasteiger partial charge in [-0.3, -0.25) is 0 Å². The third-order valence-corrected chi connectivity index (χ3v) is 3.02. The normalized spacial score (nSPS) is 11.7. The molecule has 3 rings (SSSR count). The van der Waals surface area contributed by atoms with Crippen LogP contribution in [0.1, 0.15) is 18.4 Å². The van der Waals surface area contributed by atoms with E-state index >= 15 is 0 Å². The van der Waals surface area contributed by atoms with E-state index < -0.39 is 12.0 Å². The first kappa shape index (κ1) is 16.0. The van der Waals surface area contributed by atoms with Crippen molar-refractivity contribution < 1.29 is 22.6 Å². The third kappa shape index (κ3) is 3.24. The average molecular weight is 338 g/mol. The van der Waals surface area contributed by atoms with Crippen LogP contribution < -0.4 is 9.47 Å². The van der Waals surface area contributed by atoms with Crippen molar-refractivity contribution in [2.45, 2.75) is 20.0 Å². The Balaban J connectivity index is 1.97. The molecule has 2 aromatic heterocycles. The Labute approximate surface area is 134 Å². The molecule has 9 heteroatoms. The van der Waals surface area contributed by atoms with Gasteiger partial charge in [-0.05, 0) is 38.1 Å². The molecule has 126 valence electrons. The van der Waals surface area contributed by atoms with Crippen LogP contribution in [0.4, 0.5) is 13.2 Å². The monoisotopic (exact) mass is 338 g/mol. The molecular formula is C15H13F3N4O2. The molecule has 6 nitrogen and oxygen atoms in total. The Morgan fingerprint density at radius 3 is 2.38 bits per heavy atom. The molecule has 24 heavy (non-hydrogen) atoms. The van der Waals surface area contributed by atoms with Crippen LogP contribution in [0, 0.1) is 6.92 Å². The van der Waals surface area contributed by atoms with Crippen LogP contribution in [-0.2, 0) is 6.18 Å². The van der Waals surface area contributed by atoms with Crippen molar-refractivity contribution in [3.05, 3.63) is 41.9 Å². The summed E-state index contributed by atoms with van der Waals surface area (Å²) in [6, 6.07) is 8.18. The van der Waals surface area contributed by atoms with Crippen LogP contribution in [0.2, 0.25) is 0 Å². The van der Waals surface area contributed by atoms with Gasteiger partial charge in [0.25, 0.3) is 11.6 Å². The first-order chi connectivity index (χ1) is 11.4. The summed E-state index contributed by atoms with van der Waals surface area (Å²) < 4.78 is 50.2. The number of nitrogens with zero attached hydrogens (tertiary/aromatic N) is 4. The molecule has 0 saturated carbocycles. The summed E-state index contributed by atoms with van der Waals surface area (Å²) in [7, 11) is 0. The van der Waals surface area contributed by atoms with Crippen LogP contribution in [0.15, 0.2) is 30.3 Å². The van der Waals surface area contributed by atoms with Crippen molar-refractivity contribution >= 4 is 5.78 Å². The van der Waals surface area contributed by atoms with Gasteiger partial charge in [-0.1, -0.05) is 0 Å². The van der Waals surface area contributed by atoms with Crippen LogP contribution >= 0.6 is 0 Å². The predicted octanol–water partition coefficient (Wildman–Crippen LogP) is 3.64. The molecule has 0 bridgehead atoms. The maximum absolute atomic E-state index is 12.8. The highest BCUT2D eigenvalue weighted by Crippen LogP contribution is 2.29. The van der Waals surface area contributed by atoms with Crippen LogP contribution in [0.3, 0.4) is 0 Å². The molecule has 0 spiro atoms. The Bertz CT molecular complexity index is 860. The largest absolute Gasteiger partial charge is 0.494 e. The molecule has 0 aliphatic rings. The highest BCUT2D eigenvalue weighted by atomic mass is 19.4. The standard InChI is InChI=1S/C15H13F3N4O2/c1-3-23-10-4-6-11(7-5-10)24-12-8-9(2)19-14-20-13(15(16,17)18)21-22(12)14/h4-8H,3H2,1-2H3. The summed E-state index contributed by atoms with van der Waals surface area (Å²) in [5.74, 6) is -0.263. The molecule has 0 atom stereocenters. The number of rotatable bonds is 4. The van der Waals surface area contributed by atoms with Crippen molar-refractivity contribution in [1.29, 1.82) is 0 Å². The summed E-state index contributed by atoms with van der Waals surface area (Å²) in [5, 5.41) is 3.44. The maximum Gasteiger partial charge on any atom is 0.453 e. The highest BCUT2D eigenvalue weighted by molar-refractivity contribution is 5.38. The molecule has 0 amide bonds. The van der Waals surface area contributed by atoms with E-state index in [1.54, 1.807) is 31.2 Å². The van der Waals surface area contributed by atoms with Gasteiger partial charge in [0.05, 0.1) is 6.61 Å². The summed E-state index contributed by atoms with van der Waals surface area (Å²) in [4.78, 5) is 7.34.